The maximum absolute atomic E-state index is 12.0. The van der Waals surface area contributed by atoms with Crippen LogP contribution in [0.3, 0.4) is 0 Å². The lowest BCUT2D eigenvalue weighted by Crippen LogP contribution is -2.51. The van der Waals surface area contributed by atoms with Crippen molar-refractivity contribution in [3.63, 3.8) is 0 Å². The van der Waals surface area contributed by atoms with Gasteiger partial charge in [-0.3, -0.25) is 4.79 Å². The van der Waals surface area contributed by atoms with E-state index in [0.29, 0.717) is 32.4 Å². The van der Waals surface area contributed by atoms with E-state index in [-0.39, 0.29) is 23.0 Å². The van der Waals surface area contributed by atoms with Crippen molar-refractivity contribution >= 4 is 5.91 Å². The third-order valence-corrected chi connectivity index (χ3v) is 3.51. The van der Waals surface area contributed by atoms with Crippen molar-refractivity contribution in [3.05, 3.63) is 0 Å². The minimum atomic E-state index is -0.308. The molecule has 0 radical (unpaired) electrons. The molecule has 4 heteroatoms. The summed E-state index contributed by atoms with van der Waals surface area (Å²) in [4.78, 5) is 13.9. The fourth-order valence-electron chi connectivity index (χ4n) is 2.15. The highest BCUT2D eigenvalue weighted by molar-refractivity contribution is 5.76. The number of amides is 1. The summed E-state index contributed by atoms with van der Waals surface area (Å²) in [5.41, 5.74) is 5.38. The van der Waals surface area contributed by atoms with Crippen molar-refractivity contribution in [2.45, 2.75) is 58.6 Å². The van der Waals surface area contributed by atoms with Crippen LogP contribution >= 0.6 is 0 Å². The third-order valence-electron chi connectivity index (χ3n) is 3.51. The molecule has 1 heterocycles. The van der Waals surface area contributed by atoms with Crippen molar-refractivity contribution < 1.29 is 9.90 Å². The summed E-state index contributed by atoms with van der Waals surface area (Å²) >= 11 is 0. The van der Waals surface area contributed by atoms with Gasteiger partial charge >= 0.3 is 0 Å². The third kappa shape index (κ3) is 4.28. The van der Waals surface area contributed by atoms with E-state index in [4.69, 9.17) is 5.73 Å². The van der Waals surface area contributed by atoms with Gasteiger partial charge in [0.2, 0.25) is 5.91 Å². The molecule has 100 valence electrons. The highest BCUT2D eigenvalue weighted by Crippen LogP contribution is 2.29. The van der Waals surface area contributed by atoms with Crippen LogP contribution in [0.2, 0.25) is 0 Å². The quantitative estimate of drug-likeness (QED) is 0.779. The summed E-state index contributed by atoms with van der Waals surface area (Å²) in [5.74, 6) is 0.156. The first kappa shape index (κ1) is 14.5. The second kappa shape index (κ2) is 4.94. The van der Waals surface area contributed by atoms with Crippen LogP contribution in [-0.4, -0.2) is 40.6 Å². The minimum absolute atomic E-state index is 0.156. The molecule has 1 unspecified atom stereocenters. The summed E-state index contributed by atoms with van der Waals surface area (Å²) in [5, 5.41) is 9.84. The number of aliphatic hydroxyl groups excluding tert-OH is 1. The number of hydrogen-bond donors (Lipinski definition) is 2. The zero-order valence-corrected chi connectivity index (χ0v) is 11.5. The normalized spacial score (nSPS) is 24.8. The van der Waals surface area contributed by atoms with Crippen LogP contribution in [0.15, 0.2) is 0 Å². The summed E-state index contributed by atoms with van der Waals surface area (Å²) in [6, 6.07) is 0. The molecule has 0 aliphatic carbocycles. The fraction of sp³-hybridized carbons (Fsp3) is 0.923. The van der Waals surface area contributed by atoms with Crippen LogP contribution in [0.5, 0.6) is 0 Å². The van der Waals surface area contributed by atoms with Crippen molar-refractivity contribution in [1.29, 1.82) is 0 Å². The van der Waals surface area contributed by atoms with Crippen molar-refractivity contribution in [1.82, 2.24) is 4.90 Å². The molecule has 0 aromatic carbocycles. The SMILES string of the molecule is CC(C)(N)CCC(=O)N1CCC(O)C(C)(C)C1. The summed E-state index contributed by atoms with van der Waals surface area (Å²) in [6.07, 6.45) is 1.56. The predicted molar refractivity (Wildman–Crippen MR) is 68.5 cm³/mol. The summed E-state index contributed by atoms with van der Waals surface area (Å²) < 4.78 is 0. The van der Waals surface area contributed by atoms with Crippen LogP contribution in [0.25, 0.3) is 0 Å². The number of nitrogens with zero attached hydrogens (tertiary/aromatic N) is 1. The minimum Gasteiger partial charge on any atom is -0.392 e. The Morgan fingerprint density at radius 2 is 2.12 bits per heavy atom. The Labute approximate surface area is 104 Å². The highest BCUT2D eigenvalue weighted by Gasteiger charge is 2.36. The van der Waals surface area contributed by atoms with E-state index in [0.717, 1.165) is 0 Å². The molecule has 1 aliphatic heterocycles. The van der Waals surface area contributed by atoms with Gasteiger partial charge in [-0.25, -0.2) is 0 Å². The average molecular weight is 242 g/mol. The van der Waals surface area contributed by atoms with Crippen LogP contribution in [0.4, 0.5) is 0 Å². The molecule has 0 aromatic heterocycles. The zero-order valence-electron chi connectivity index (χ0n) is 11.5. The maximum atomic E-state index is 12.0. The summed E-state index contributed by atoms with van der Waals surface area (Å²) in [7, 11) is 0. The Balaban J connectivity index is 2.49. The first-order valence-electron chi connectivity index (χ1n) is 6.36. The molecule has 0 saturated carbocycles. The smallest absolute Gasteiger partial charge is 0.222 e. The second-order valence-electron chi connectivity index (χ2n) is 6.60. The van der Waals surface area contributed by atoms with Gasteiger partial charge in [-0.05, 0) is 26.7 Å². The predicted octanol–water partition coefficient (Wildman–Crippen LogP) is 1.12. The number of hydrogen-bond acceptors (Lipinski definition) is 3. The molecule has 1 saturated heterocycles. The molecule has 0 aromatic rings. The van der Waals surface area contributed by atoms with Gasteiger partial charge in [0.1, 0.15) is 0 Å². The molecule has 0 bridgehead atoms. The van der Waals surface area contributed by atoms with E-state index >= 15 is 0 Å². The summed E-state index contributed by atoms with van der Waals surface area (Å²) in [6.45, 7) is 9.18. The molecule has 1 amide bonds. The molecule has 1 fully saturated rings. The van der Waals surface area contributed by atoms with E-state index in [1.54, 1.807) is 0 Å². The Bertz CT molecular complexity index is 282. The molecular weight excluding hydrogens is 216 g/mol. The van der Waals surface area contributed by atoms with Crippen molar-refractivity contribution in [2.75, 3.05) is 13.1 Å². The van der Waals surface area contributed by atoms with Gasteiger partial charge in [0.15, 0.2) is 0 Å². The van der Waals surface area contributed by atoms with Gasteiger partial charge in [0, 0.05) is 30.5 Å². The van der Waals surface area contributed by atoms with E-state index < -0.39 is 0 Å². The lowest BCUT2D eigenvalue weighted by molar-refractivity contribution is -0.138. The van der Waals surface area contributed by atoms with Crippen LogP contribution < -0.4 is 5.73 Å². The number of carbonyl (C=O) groups is 1. The highest BCUT2D eigenvalue weighted by atomic mass is 16.3. The molecule has 0 spiro atoms. The van der Waals surface area contributed by atoms with E-state index in [2.05, 4.69) is 0 Å². The molecule has 4 nitrogen and oxygen atoms in total. The molecule has 17 heavy (non-hydrogen) atoms. The maximum Gasteiger partial charge on any atom is 0.222 e. The number of piperidine rings is 1. The standard InChI is InChI=1S/C13H26N2O2/c1-12(2)9-15(8-6-10(12)16)11(17)5-7-13(3,4)14/h10,16H,5-9,14H2,1-4H3. The number of nitrogens with two attached hydrogens (primary N) is 1. The second-order valence-corrected chi connectivity index (χ2v) is 6.60. The average Bonchev–Trinajstić information content (AvgIpc) is 2.17. The molecule has 1 atom stereocenters. The van der Waals surface area contributed by atoms with Gasteiger partial charge in [0.05, 0.1) is 6.10 Å². The van der Waals surface area contributed by atoms with Gasteiger partial charge in [0.25, 0.3) is 0 Å². The number of rotatable bonds is 3. The number of carbonyl (C=O) groups excluding carboxylic acids is 1. The lowest BCUT2D eigenvalue weighted by atomic mass is 9.81. The largest absolute Gasteiger partial charge is 0.392 e. The molecule has 1 aliphatic rings. The van der Waals surface area contributed by atoms with Crippen LogP contribution in [-0.2, 0) is 4.79 Å². The lowest BCUT2D eigenvalue weighted by Gasteiger charge is -2.42. The van der Waals surface area contributed by atoms with Gasteiger partial charge in [-0.1, -0.05) is 13.8 Å². The topological polar surface area (TPSA) is 66.6 Å². The first-order valence-corrected chi connectivity index (χ1v) is 6.36. The van der Waals surface area contributed by atoms with Crippen LogP contribution in [0.1, 0.15) is 47.0 Å². The molecule has 3 N–H and O–H groups in total. The van der Waals surface area contributed by atoms with Crippen LogP contribution in [0, 0.1) is 5.41 Å². The number of likely N-dealkylation sites (tertiary alicyclic amines) is 1. The fourth-order valence-corrected chi connectivity index (χ4v) is 2.15. The van der Waals surface area contributed by atoms with E-state index in [1.165, 1.54) is 0 Å². The Morgan fingerprint density at radius 1 is 1.53 bits per heavy atom. The Kier molecular flexibility index (Phi) is 4.20. The Hall–Kier alpha value is -0.610. The van der Waals surface area contributed by atoms with Crippen molar-refractivity contribution in [3.8, 4) is 0 Å². The van der Waals surface area contributed by atoms with Gasteiger partial charge in [-0.2, -0.15) is 0 Å². The van der Waals surface area contributed by atoms with E-state index in [1.807, 2.05) is 32.6 Å². The van der Waals surface area contributed by atoms with Gasteiger partial charge in [-0.15, -0.1) is 0 Å². The monoisotopic (exact) mass is 242 g/mol. The Morgan fingerprint density at radius 3 is 2.59 bits per heavy atom. The van der Waals surface area contributed by atoms with Gasteiger partial charge < -0.3 is 15.7 Å². The van der Waals surface area contributed by atoms with Crippen molar-refractivity contribution in [2.24, 2.45) is 11.1 Å². The first-order chi connectivity index (χ1) is 7.62. The number of aliphatic hydroxyl groups is 1. The van der Waals surface area contributed by atoms with E-state index in [9.17, 15) is 9.90 Å². The molecular formula is C13H26N2O2. The molecule has 1 rings (SSSR count). The zero-order chi connectivity index (χ0) is 13.3.